The molecule has 1 heteroatoms. The normalized spacial score (nSPS) is 10.8. The van der Waals surface area contributed by atoms with Gasteiger partial charge in [0.1, 0.15) is 0 Å². The van der Waals surface area contributed by atoms with Crippen molar-refractivity contribution in [3.8, 4) is 0 Å². The van der Waals surface area contributed by atoms with Crippen molar-refractivity contribution in [2.75, 3.05) is 0 Å². The van der Waals surface area contributed by atoms with Gasteiger partial charge in [-0.2, -0.15) is 0 Å². The van der Waals surface area contributed by atoms with Crippen molar-refractivity contribution in [1.82, 2.24) is 0 Å². The van der Waals surface area contributed by atoms with Gasteiger partial charge in [-0.25, -0.2) is 0 Å². The number of benzene rings is 1. The Labute approximate surface area is 81.4 Å². The van der Waals surface area contributed by atoms with E-state index in [1.54, 1.807) is 0 Å². The Morgan fingerprint density at radius 1 is 1.18 bits per heavy atom. The van der Waals surface area contributed by atoms with Crippen LogP contribution in [0.2, 0.25) is 0 Å². The summed E-state index contributed by atoms with van der Waals surface area (Å²) >= 11 is 1.46. The quantitative estimate of drug-likeness (QED) is 0.671. The van der Waals surface area contributed by atoms with Crippen LogP contribution in [0.1, 0.15) is 16.7 Å². The van der Waals surface area contributed by atoms with Crippen LogP contribution in [0.5, 0.6) is 0 Å². The summed E-state index contributed by atoms with van der Waals surface area (Å²) in [7, 11) is 0. The topological polar surface area (TPSA) is 0 Å². The van der Waals surface area contributed by atoms with Gasteiger partial charge < -0.3 is 0 Å². The van der Waals surface area contributed by atoms with Gasteiger partial charge in [0.2, 0.25) is 0 Å². The fourth-order valence-corrected chi connectivity index (χ4v) is 1.51. The van der Waals surface area contributed by atoms with Crippen LogP contribution in [0.25, 0.3) is 6.08 Å². The molecule has 0 heterocycles. The molecule has 0 N–H and O–H groups in total. The van der Waals surface area contributed by atoms with E-state index in [0.717, 1.165) is 0 Å². The SMILES string of the molecule is Cc1ccc(/C=[CH]/[Sn])cc1C. The van der Waals surface area contributed by atoms with E-state index < -0.39 is 0 Å². The first-order valence-electron chi connectivity index (χ1n) is 3.65. The Bertz CT molecular complexity index is 274. The summed E-state index contributed by atoms with van der Waals surface area (Å²) in [4.78, 5) is 0. The predicted molar refractivity (Wildman–Crippen MR) is 50.7 cm³/mol. The number of hydrogen-bond acceptors (Lipinski definition) is 0. The molecule has 0 unspecified atom stereocenters. The summed E-state index contributed by atoms with van der Waals surface area (Å²) in [5, 5.41) is 0. The maximum absolute atomic E-state index is 2.22. The Morgan fingerprint density at radius 3 is 2.45 bits per heavy atom. The van der Waals surface area contributed by atoms with Crippen LogP contribution in [-0.4, -0.2) is 22.5 Å². The van der Waals surface area contributed by atoms with Gasteiger partial charge in [-0.15, -0.1) is 0 Å². The fraction of sp³-hybridized carbons (Fsp3) is 0.200. The zero-order chi connectivity index (χ0) is 8.27. The average Bonchev–Trinajstić information content (AvgIpc) is 1.98. The maximum atomic E-state index is 2.22. The number of hydrogen-bond donors (Lipinski definition) is 0. The number of aryl methyl sites for hydroxylation is 2. The molecule has 0 spiro atoms. The molecule has 0 aliphatic carbocycles. The molecule has 0 aromatic heterocycles. The van der Waals surface area contributed by atoms with Gasteiger partial charge >= 0.3 is 81.4 Å². The second-order valence-corrected chi connectivity index (χ2v) is 3.63. The van der Waals surface area contributed by atoms with Crippen molar-refractivity contribution in [2.45, 2.75) is 13.8 Å². The molecule has 1 aromatic rings. The molecule has 0 amide bonds. The molecule has 1 aromatic carbocycles. The summed E-state index contributed by atoms with van der Waals surface area (Å²) in [5.74, 6) is 0. The summed E-state index contributed by atoms with van der Waals surface area (Å²) in [6, 6.07) is 6.54. The van der Waals surface area contributed by atoms with E-state index in [2.05, 4.69) is 42.2 Å². The van der Waals surface area contributed by atoms with Crippen LogP contribution in [-0.2, 0) is 0 Å². The fourth-order valence-electron chi connectivity index (χ4n) is 0.965. The molecule has 55 valence electrons. The Kier molecular flexibility index (Phi) is 3.18. The van der Waals surface area contributed by atoms with Gasteiger partial charge in [-0.3, -0.25) is 0 Å². The Balaban J connectivity index is 3.05. The van der Waals surface area contributed by atoms with E-state index in [4.69, 9.17) is 0 Å². The minimum atomic E-state index is 1.31. The van der Waals surface area contributed by atoms with Gasteiger partial charge in [-0.05, 0) is 0 Å². The van der Waals surface area contributed by atoms with Crippen molar-refractivity contribution in [2.24, 2.45) is 0 Å². The van der Waals surface area contributed by atoms with Crippen molar-refractivity contribution in [3.63, 3.8) is 0 Å². The van der Waals surface area contributed by atoms with Crippen molar-refractivity contribution >= 4 is 28.6 Å². The van der Waals surface area contributed by atoms with Gasteiger partial charge in [0.15, 0.2) is 0 Å². The van der Waals surface area contributed by atoms with E-state index in [1.807, 2.05) is 0 Å². The molecule has 0 saturated heterocycles. The second kappa shape index (κ2) is 3.95. The molecule has 0 aliphatic heterocycles. The van der Waals surface area contributed by atoms with Crippen LogP contribution in [0.3, 0.4) is 0 Å². The van der Waals surface area contributed by atoms with Crippen LogP contribution in [0.15, 0.2) is 22.3 Å². The molecule has 1 rings (SSSR count). The first kappa shape index (κ1) is 8.85. The van der Waals surface area contributed by atoms with Crippen LogP contribution >= 0.6 is 0 Å². The Morgan fingerprint density at radius 2 is 1.91 bits per heavy atom. The third-order valence-corrected chi connectivity index (χ3v) is 2.28. The number of rotatable bonds is 1. The predicted octanol–water partition coefficient (Wildman–Crippen LogP) is 2.44. The molecule has 0 fully saturated rings. The third-order valence-electron chi connectivity index (χ3n) is 1.81. The van der Waals surface area contributed by atoms with Gasteiger partial charge in [-0.1, -0.05) is 0 Å². The molecule has 11 heavy (non-hydrogen) atoms. The molecular weight excluding hydrogens is 239 g/mol. The van der Waals surface area contributed by atoms with E-state index in [1.165, 1.54) is 39.2 Å². The molecular formula is C10H11Sn. The van der Waals surface area contributed by atoms with Crippen LogP contribution in [0.4, 0.5) is 0 Å². The molecule has 0 bridgehead atoms. The zero-order valence-corrected chi connectivity index (χ0v) is 9.74. The van der Waals surface area contributed by atoms with Crippen molar-refractivity contribution in [1.29, 1.82) is 0 Å². The van der Waals surface area contributed by atoms with Gasteiger partial charge in [0.05, 0.1) is 0 Å². The minimum absolute atomic E-state index is 1.31. The monoisotopic (exact) mass is 251 g/mol. The van der Waals surface area contributed by atoms with E-state index in [-0.39, 0.29) is 0 Å². The van der Waals surface area contributed by atoms with Gasteiger partial charge in [0, 0.05) is 0 Å². The molecule has 3 radical (unpaired) electrons. The average molecular weight is 250 g/mol. The first-order chi connectivity index (χ1) is 5.24. The second-order valence-electron chi connectivity index (χ2n) is 2.68. The van der Waals surface area contributed by atoms with Crippen molar-refractivity contribution in [3.05, 3.63) is 39.0 Å². The third kappa shape index (κ3) is 2.37. The van der Waals surface area contributed by atoms with Crippen molar-refractivity contribution < 1.29 is 0 Å². The first-order valence-corrected chi connectivity index (χ1v) is 5.30. The summed E-state index contributed by atoms with van der Waals surface area (Å²) in [6.07, 6.45) is 2.16. The molecule has 0 saturated carbocycles. The van der Waals surface area contributed by atoms with Gasteiger partial charge in [0.25, 0.3) is 0 Å². The molecule has 0 atom stereocenters. The zero-order valence-electron chi connectivity index (χ0n) is 6.89. The van der Waals surface area contributed by atoms with Crippen LogP contribution in [0, 0.1) is 13.8 Å². The van der Waals surface area contributed by atoms with E-state index in [0.29, 0.717) is 0 Å². The summed E-state index contributed by atoms with van der Waals surface area (Å²) in [6.45, 7) is 4.29. The summed E-state index contributed by atoms with van der Waals surface area (Å²) < 4.78 is 2.15. The van der Waals surface area contributed by atoms with Crippen LogP contribution < -0.4 is 0 Å². The molecule has 0 nitrogen and oxygen atoms in total. The standard InChI is InChI=1S/C10H11.Sn/c1-4-10-6-5-8(2)9(3)7-10;/h1,4-7H,2-3H3;. The molecule has 0 aliphatic rings. The van der Waals surface area contributed by atoms with E-state index >= 15 is 0 Å². The van der Waals surface area contributed by atoms with E-state index in [9.17, 15) is 0 Å². The Hall–Kier alpha value is -0.241. The summed E-state index contributed by atoms with van der Waals surface area (Å²) in [5.41, 5.74) is 4.05.